The van der Waals surface area contributed by atoms with Crippen molar-refractivity contribution in [3.63, 3.8) is 0 Å². The highest BCUT2D eigenvalue weighted by atomic mass is 35.5. The van der Waals surface area contributed by atoms with E-state index in [4.69, 9.17) is 23.2 Å². The van der Waals surface area contributed by atoms with Crippen LogP contribution in [0.3, 0.4) is 0 Å². The van der Waals surface area contributed by atoms with E-state index in [1.54, 1.807) is 6.07 Å². The average Bonchev–Trinajstić information content (AvgIpc) is 2.79. The molecule has 0 bridgehead atoms. The molecular weight excluding hydrogens is 327 g/mol. The number of carbonyl (C=O) groups excluding carboxylic acids is 1. The number of thiophene rings is 1. The van der Waals surface area contributed by atoms with Gasteiger partial charge in [0.1, 0.15) is 4.34 Å². The van der Waals surface area contributed by atoms with E-state index in [1.807, 2.05) is 0 Å². The standard InChI is InChI=1S/C15H20Cl2N2OS/c16-12-8-11(13(17)21-12)14(20)19-10-4-7-18-15(9-10)5-2-1-3-6-15/h8,10,18H,1-7,9H2,(H,19,20). The molecule has 2 N–H and O–H groups in total. The van der Waals surface area contributed by atoms with Gasteiger partial charge in [-0.15, -0.1) is 11.3 Å². The smallest absolute Gasteiger partial charge is 0.253 e. The monoisotopic (exact) mass is 346 g/mol. The minimum atomic E-state index is -0.0963. The number of piperidine rings is 1. The Labute approximate surface area is 139 Å². The summed E-state index contributed by atoms with van der Waals surface area (Å²) in [5, 5.41) is 6.84. The van der Waals surface area contributed by atoms with Gasteiger partial charge in [0.2, 0.25) is 0 Å². The summed E-state index contributed by atoms with van der Waals surface area (Å²) in [5.41, 5.74) is 0.743. The van der Waals surface area contributed by atoms with Gasteiger partial charge in [-0.05, 0) is 38.3 Å². The van der Waals surface area contributed by atoms with Crippen molar-refractivity contribution in [3.05, 3.63) is 20.3 Å². The number of halogens is 2. The Hall–Kier alpha value is -0.290. The number of hydrogen-bond donors (Lipinski definition) is 2. The third-order valence-electron chi connectivity index (χ3n) is 4.68. The molecule has 1 aliphatic carbocycles. The van der Waals surface area contributed by atoms with Crippen LogP contribution in [0.5, 0.6) is 0 Å². The van der Waals surface area contributed by atoms with E-state index in [0.717, 1.165) is 19.4 Å². The van der Waals surface area contributed by atoms with Crippen molar-refractivity contribution in [3.8, 4) is 0 Å². The zero-order valence-corrected chi connectivity index (χ0v) is 14.2. The summed E-state index contributed by atoms with van der Waals surface area (Å²) in [6.45, 7) is 0.975. The Morgan fingerprint density at radius 1 is 1.33 bits per heavy atom. The molecule has 3 rings (SSSR count). The van der Waals surface area contributed by atoms with Crippen LogP contribution in [0.1, 0.15) is 55.3 Å². The zero-order chi connectivity index (χ0) is 14.9. The molecule has 1 atom stereocenters. The first kappa shape index (κ1) is 15.6. The zero-order valence-electron chi connectivity index (χ0n) is 11.9. The number of carbonyl (C=O) groups is 1. The fraction of sp³-hybridized carbons (Fsp3) is 0.667. The number of amides is 1. The topological polar surface area (TPSA) is 41.1 Å². The largest absolute Gasteiger partial charge is 0.349 e. The summed E-state index contributed by atoms with van der Waals surface area (Å²) in [6, 6.07) is 1.88. The minimum absolute atomic E-state index is 0.0963. The lowest BCUT2D eigenvalue weighted by molar-refractivity contribution is 0.0893. The predicted molar refractivity (Wildman–Crippen MR) is 88.6 cm³/mol. The van der Waals surface area contributed by atoms with Gasteiger partial charge in [0.15, 0.2) is 0 Å². The van der Waals surface area contributed by atoms with E-state index >= 15 is 0 Å². The van der Waals surface area contributed by atoms with Crippen molar-refractivity contribution in [2.75, 3.05) is 6.54 Å². The van der Waals surface area contributed by atoms with E-state index < -0.39 is 0 Å². The third-order valence-corrected chi connectivity index (χ3v) is 6.16. The summed E-state index contributed by atoms with van der Waals surface area (Å²) in [7, 11) is 0. The molecule has 3 nitrogen and oxygen atoms in total. The van der Waals surface area contributed by atoms with Crippen LogP contribution in [0, 0.1) is 0 Å². The average molecular weight is 347 g/mol. The van der Waals surface area contributed by atoms with Crippen LogP contribution >= 0.6 is 34.5 Å². The third kappa shape index (κ3) is 3.55. The van der Waals surface area contributed by atoms with Crippen molar-refractivity contribution >= 4 is 40.4 Å². The summed E-state index contributed by atoms with van der Waals surface area (Å²) < 4.78 is 1.03. The summed E-state index contributed by atoms with van der Waals surface area (Å²) in [4.78, 5) is 12.4. The lowest BCUT2D eigenvalue weighted by Crippen LogP contribution is -2.57. The fourth-order valence-corrected chi connectivity index (χ4v) is 5.11. The molecule has 2 heterocycles. The molecule has 1 spiro atoms. The van der Waals surface area contributed by atoms with E-state index in [-0.39, 0.29) is 17.5 Å². The van der Waals surface area contributed by atoms with E-state index in [1.165, 1.54) is 43.4 Å². The van der Waals surface area contributed by atoms with Gasteiger partial charge in [-0.1, -0.05) is 42.5 Å². The van der Waals surface area contributed by atoms with E-state index in [0.29, 0.717) is 14.2 Å². The second-order valence-corrected chi connectivity index (χ2v) is 8.45. The van der Waals surface area contributed by atoms with Crippen LogP contribution in [0.25, 0.3) is 0 Å². The first-order valence-electron chi connectivity index (χ1n) is 7.59. The van der Waals surface area contributed by atoms with Crippen LogP contribution in [-0.4, -0.2) is 24.0 Å². The van der Waals surface area contributed by atoms with Gasteiger partial charge in [0, 0.05) is 11.6 Å². The number of hydrogen-bond acceptors (Lipinski definition) is 3. The second kappa shape index (κ2) is 6.45. The van der Waals surface area contributed by atoms with Gasteiger partial charge in [0.05, 0.1) is 9.90 Å². The molecule has 6 heteroatoms. The number of rotatable bonds is 2. The Morgan fingerprint density at radius 2 is 2.10 bits per heavy atom. The van der Waals surface area contributed by atoms with Gasteiger partial charge >= 0.3 is 0 Å². The van der Waals surface area contributed by atoms with E-state index in [9.17, 15) is 4.79 Å². The highest BCUT2D eigenvalue weighted by Crippen LogP contribution is 2.35. The fourth-order valence-electron chi connectivity index (χ4n) is 3.65. The summed E-state index contributed by atoms with van der Waals surface area (Å²) >= 11 is 13.2. The van der Waals surface area contributed by atoms with Crippen LogP contribution in [-0.2, 0) is 0 Å². The molecule has 1 aromatic heterocycles. The van der Waals surface area contributed by atoms with Crippen molar-refractivity contribution in [2.24, 2.45) is 0 Å². The highest BCUT2D eigenvalue weighted by molar-refractivity contribution is 7.20. The Kier molecular flexibility index (Phi) is 4.79. The molecule has 1 aliphatic heterocycles. The minimum Gasteiger partial charge on any atom is -0.349 e. The quantitative estimate of drug-likeness (QED) is 0.840. The number of nitrogens with one attached hydrogen (secondary N) is 2. The molecule has 2 fully saturated rings. The molecule has 1 saturated carbocycles. The van der Waals surface area contributed by atoms with Crippen molar-refractivity contribution < 1.29 is 4.79 Å². The second-order valence-electron chi connectivity index (χ2n) is 6.17. The maximum atomic E-state index is 12.4. The van der Waals surface area contributed by atoms with E-state index in [2.05, 4.69) is 10.6 Å². The lowest BCUT2D eigenvalue weighted by atomic mass is 9.75. The van der Waals surface area contributed by atoms with Gasteiger partial charge in [-0.25, -0.2) is 0 Å². The molecule has 2 aliphatic rings. The summed E-state index contributed by atoms with van der Waals surface area (Å²) in [5.74, 6) is -0.0963. The van der Waals surface area contributed by atoms with Gasteiger partial charge in [-0.3, -0.25) is 4.79 Å². The van der Waals surface area contributed by atoms with Crippen LogP contribution in [0.4, 0.5) is 0 Å². The van der Waals surface area contributed by atoms with Crippen LogP contribution in [0.15, 0.2) is 6.07 Å². The first-order chi connectivity index (χ1) is 10.1. The van der Waals surface area contributed by atoms with Crippen LogP contribution in [0.2, 0.25) is 8.67 Å². The van der Waals surface area contributed by atoms with Gasteiger partial charge in [0.25, 0.3) is 5.91 Å². The molecule has 0 aromatic carbocycles. The Bertz CT molecular complexity index is 520. The van der Waals surface area contributed by atoms with Gasteiger partial charge < -0.3 is 10.6 Å². The molecule has 1 unspecified atom stereocenters. The van der Waals surface area contributed by atoms with Crippen LogP contribution < -0.4 is 10.6 Å². The molecule has 0 radical (unpaired) electrons. The Balaban J connectivity index is 1.64. The lowest BCUT2D eigenvalue weighted by Gasteiger charge is -2.44. The maximum Gasteiger partial charge on any atom is 0.253 e. The SMILES string of the molecule is O=C(NC1CCNC2(CCCCC2)C1)c1cc(Cl)sc1Cl. The van der Waals surface area contributed by atoms with Crippen molar-refractivity contribution in [2.45, 2.75) is 56.5 Å². The van der Waals surface area contributed by atoms with Gasteiger partial charge in [-0.2, -0.15) is 0 Å². The molecule has 1 saturated heterocycles. The molecule has 21 heavy (non-hydrogen) atoms. The molecule has 1 aromatic rings. The maximum absolute atomic E-state index is 12.4. The first-order valence-corrected chi connectivity index (χ1v) is 9.16. The predicted octanol–water partition coefficient (Wildman–Crippen LogP) is 4.24. The van der Waals surface area contributed by atoms with Crippen molar-refractivity contribution in [1.29, 1.82) is 0 Å². The van der Waals surface area contributed by atoms with Crippen molar-refractivity contribution in [1.82, 2.24) is 10.6 Å². The Morgan fingerprint density at radius 3 is 2.76 bits per heavy atom. The highest BCUT2D eigenvalue weighted by Gasteiger charge is 2.37. The summed E-state index contributed by atoms with van der Waals surface area (Å²) in [6.07, 6.45) is 8.37. The molecular formula is C15H20Cl2N2OS. The normalized spacial score (nSPS) is 25.0. The molecule has 1 amide bonds. The molecule has 116 valence electrons.